The summed E-state index contributed by atoms with van der Waals surface area (Å²) in [6.45, 7) is 0.591. The summed E-state index contributed by atoms with van der Waals surface area (Å²) >= 11 is 7.41. The summed E-state index contributed by atoms with van der Waals surface area (Å²) in [6.07, 6.45) is 5.56. The smallest absolute Gasteiger partial charge is 0.154 e. The summed E-state index contributed by atoms with van der Waals surface area (Å²) in [5, 5.41) is 1.36. The highest BCUT2D eigenvalue weighted by Gasteiger charge is 1.98. The van der Waals surface area contributed by atoms with Gasteiger partial charge in [-0.1, -0.05) is 35.5 Å². The average Bonchev–Trinajstić information content (AvgIpc) is 2.96. The van der Waals surface area contributed by atoms with E-state index in [4.69, 9.17) is 17.3 Å². The molecular weight excluding hydrogens is 452 g/mol. The van der Waals surface area contributed by atoms with Gasteiger partial charge in [0.2, 0.25) is 0 Å². The molecule has 0 atom stereocenters. The van der Waals surface area contributed by atoms with Crippen LogP contribution in [-0.2, 0) is 13.0 Å². The third-order valence-corrected chi connectivity index (χ3v) is 3.86. The van der Waals surface area contributed by atoms with E-state index in [1.165, 1.54) is 0 Å². The van der Waals surface area contributed by atoms with Crippen molar-refractivity contribution in [3.63, 3.8) is 0 Å². The number of aromatic nitrogens is 2. The number of amidine groups is 1. The van der Waals surface area contributed by atoms with Crippen molar-refractivity contribution in [1.29, 1.82) is 0 Å². The zero-order chi connectivity index (χ0) is 14.2. The first kappa shape index (κ1) is 21.5. The fourth-order valence-corrected chi connectivity index (χ4v) is 2.44. The fourth-order valence-electron chi connectivity index (χ4n) is 1.66. The number of rotatable bonds is 6. The number of H-pyrrole nitrogens is 1. The lowest BCUT2D eigenvalue weighted by molar-refractivity contribution is 0.866. The Labute approximate surface area is 160 Å². The van der Waals surface area contributed by atoms with Crippen LogP contribution in [0.2, 0.25) is 5.02 Å². The van der Waals surface area contributed by atoms with Gasteiger partial charge >= 0.3 is 0 Å². The largest absolute Gasteiger partial charge is 0.379 e. The van der Waals surface area contributed by atoms with Crippen LogP contribution in [0.4, 0.5) is 0 Å². The number of imidazole rings is 1. The third-order valence-electron chi connectivity index (χ3n) is 2.69. The lowest BCUT2D eigenvalue weighted by Gasteiger charge is -2.01. The molecule has 2 aromatic rings. The van der Waals surface area contributed by atoms with Crippen molar-refractivity contribution in [3.05, 3.63) is 53.1 Å². The van der Waals surface area contributed by atoms with Gasteiger partial charge in [-0.05, 0) is 24.1 Å². The van der Waals surface area contributed by atoms with Crippen LogP contribution in [0, 0.1) is 0 Å². The molecular formula is C14H19Br2ClN4S. The van der Waals surface area contributed by atoms with Gasteiger partial charge in [0.25, 0.3) is 0 Å². The van der Waals surface area contributed by atoms with Crippen molar-refractivity contribution in [2.75, 3.05) is 5.75 Å². The highest BCUT2D eigenvalue weighted by molar-refractivity contribution is 8.93. The minimum Gasteiger partial charge on any atom is -0.379 e. The molecule has 0 saturated heterocycles. The molecule has 0 bridgehead atoms. The molecule has 0 unspecified atom stereocenters. The maximum absolute atomic E-state index is 5.87. The molecule has 1 heterocycles. The lowest BCUT2D eigenvalue weighted by atomic mass is 10.2. The molecule has 0 amide bonds. The number of benzene rings is 1. The predicted molar refractivity (Wildman–Crippen MR) is 107 cm³/mol. The van der Waals surface area contributed by atoms with Gasteiger partial charge in [0, 0.05) is 29.6 Å². The van der Waals surface area contributed by atoms with E-state index >= 15 is 0 Å². The highest BCUT2D eigenvalue weighted by Crippen LogP contribution is 2.11. The molecule has 8 heteroatoms. The second-order valence-electron chi connectivity index (χ2n) is 4.27. The van der Waals surface area contributed by atoms with E-state index in [1.807, 2.05) is 30.5 Å². The van der Waals surface area contributed by atoms with Crippen LogP contribution in [0.25, 0.3) is 0 Å². The number of nitrogens with one attached hydrogen (secondary N) is 1. The Morgan fingerprint density at radius 1 is 1.27 bits per heavy atom. The second kappa shape index (κ2) is 12.0. The summed E-state index contributed by atoms with van der Waals surface area (Å²) in [6, 6.07) is 7.64. The normalized spacial score (nSPS) is 10.7. The lowest BCUT2D eigenvalue weighted by Crippen LogP contribution is -2.08. The van der Waals surface area contributed by atoms with E-state index in [1.54, 1.807) is 18.0 Å². The van der Waals surface area contributed by atoms with Crippen LogP contribution in [-0.4, -0.2) is 20.9 Å². The standard InChI is InChI=1S/C14H17ClN4S.2BrH/c15-12-5-3-11(4-6-12)10-19-14(16)20-9-1-2-13-17-7-8-18-13;;/h3-8H,1-2,9-10H2,(H2,16,19)(H,17,18);2*1H. The second-order valence-corrected chi connectivity index (χ2v) is 5.82. The molecule has 0 saturated carbocycles. The highest BCUT2D eigenvalue weighted by atomic mass is 79.9. The van der Waals surface area contributed by atoms with E-state index < -0.39 is 0 Å². The molecule has 122 valence electrons. The Balaban J connectivity index is 0.00000220. The van der Waals surface area contributed by atoms with E-state index in [2.05, 4.69) is 15.0 Å². The van der Waals surface area contributed by atoms with Crippen molar-refractivity contribution in [1.82, 2.24) is 9.97 Å². The van der Waals surface area contributed by atoms with Crippen molar-refractivity contribution in [3.8, 4) is 0 Å². The Morgan fingerprint density at radius 2 is 2.00 bits per heavy atom. The maximum atomic E-state index is 5.87. The summed E-state index contributed by atoms with van der Waals surface area (Å²) in [4.78, 5) is 11.6. The number of hydrogen-bond donors (Lipinski definition) is 2. The van der Waals surface area contributed by atoms with Crippen LogP contribution in [0.3, 0.4) is 0 Å². The monoisotopic (exact) mass is 468 g/mol. The molecule has 0 radical (unpaired) electrons. The van der Waals surface area contributed by atoms with E-state index in [0.717, 1.165) is 35.0 Å². The fraction of sp³-hybridized carbons (Fsp3) is 0.286. The van der Waals surface area contributed by atoms with Gasteiger partial charge in [-0.25, -0.2) is 4.98 Å². The summed E-state index contributed by atoms with van der Waals surface area (Å²) in [5.41, 5.74) is 6.98. The van der Waals surface area contributed by atoms with Crippen LogP contribution in [0.15, 0.2) is 41.7 Å². The molecule has 0 spiro atoms. The average molecular weight is 471 g/mol. The van der Waals surface area contributed by atoms with E-state index in [-0.39, 0.29) is 34.0 Å². The Kier molecular flexibility index (Phi) is 11.7. The minimum absolute atomic E-state index is 0. The van der Waals surface area contributed by atoms with Gasteiger partial charge in [0.05, 0.1) is 6.54 Å². The van der Waals surface area contributed by atoms with Gasteiger partial charge in [-0.3, -0.25) is 4.99 Å². The number of nitrogens with zero attached hydrogens (tertiary/aromatic N) is 2. The van der Waals surface area contributed by atoms with Gasteiger partial charge in [0.15, 0.2) is 5.17 Å². The zero-order valence-electron chi connectivity index (χ0n) is 11.9. The van der Waals surface area contributed by atoms with Crippen molar-refractivity contribution in [2.24, 2.45) is 10.7 Å². The summed E-state index contributed by atoms with van der Waals surface area (Å²) < 4.78 is 0. The maximum Gasteiger partial charge on any atom is 0.154 e. The topological polar surface area (TPSA) is 67.1 Å². The molecule has 0 fully saturated rings. The molecule has 0 aliphatic carbocycles. The van der Waals surface area contributed by atoms with E-state index in [9.17, 15) is 0 Å². The SMILES string of the molecule is Br.Br.NC(=NCc1ccc(Cl)cc1)SCCCc1ncc[nH]1. The zero-order valence-corrected chi connectivity index (χ0v) is 16.9. The number of halogens is 3. The first-order valence-electron chi connectivity index (χ1n) is 6.39. The summed E-state index contributed by atoms with van der Waals surface area (Å²) in [7, 11) is 0. The number of aliphatic imine (C=N–C) groups is 1. The number of hydrogen-bond acceptors (Lipinski definition) is 3. The molecule has 1 aromatic carbocycles. The van der Waals surface area contributed by atoms with E-state index in [0.29, 0.717) is 11.7 Å². The van der Waals surface area contributed by atoms with Gasteiger partial charge in [-0.15, -0.1) is 34.0 Å². The third kappa shape index (κ3) is 8.22. The van der Waals surface area contributed by atoms with Crippen LogP contribution in [0.1, 0.15) is 17.8 Å². The molecule has 0 aliphatic heterocycles. The molecule has 4 nitrogen and oxygen atoms in total. The predicted octanol–water partition coefficient (Wildman–Crippen LogP) is 4.40. The Morgan fingerprint density at radius 3 is 2.64 bits per heavy atom. The first-order valence-corrected chi connectivity index (χ1v) is 7.76. The summed E-state index contributed by atoms with van der Waals surface area (Å²) in [5.74, 6) is 1.96. The molecule has 22 heavy (non-hydrogen) atoms. The van der Waals surface area contributed by atoms with Gasteiger partial charge in [-0.2, -0.15) is 0 Å². The van der Waals surface area contributed by atoms with Crippen molar-refractivity contribution >= 4 is 62.5 Å². The Hall–Kier alpha value is -0.500. The molecule has 2 rings (SSSR count). The number of nitrogens with two attached hydrogens (primary N) is 1. The number of aryl methyl sites for hydroxylation is 1. The number of thioether (sulfide) groups is 1. The molecule has 3 N–H and O–H groups in total. The van der Waals surface area contributed by atoms with Crippen molar-refractivity contribution in [2.45, 2.75) is 19.4 Å². The molecule has 1 aromatic heterocycles. The van der Waals surface area contributed by atoms with Crippen molar-refractivity contribution < 1.29 is 0 Å². The minimum atomic E-state index is 0. The Bertz CT molecular complexity index is 546. The van der Waals surface area contributed by atoms with Crippen LogP contribution < -0.4 is 5.73 Å². The van der Waals surface area contributed by atoms with Crippen LogP contribution in [0.5, 0.6) is 0 Å². The molecule has 0 aliphatic rings. The van der Waals surface area contributed by atoms with Gasteiger partial charge in [0.1, 0.15) is 5.82 Å². The number of aromatic amines is 1. The first-order chi connectivity index (χ1) is 9.74. The quantitative estimate of drug-likeness (QED) is 0.374. The van der Waals surface area contributed by atoms with Crippen LogP contribution >= 0.6 is 57.3 Å². The van der Waals surface area contributed by atoms with Gasteiger partial charge < -0.3 is 10.7 Å².